The van der Waals surface area contributed by atoms with Gasteiger partial charge in [-0.2, -0.15) is 4.31 Å². The van der Waals surface area contributed by atoms with Gasteiger partial charge in [-0.1, -0.05) is 12.1 Å². The van der Waals surface area contributed by atoms with Crippen LogP contribution in [0, 0.1) is 20.8 Å². The first-order chi connectivity index (χ1) is 13.8. The van der Waals surface area contributed by atoms with E-state index in [1.807, 2.05) is 32.0 Å². The van der Waals surface area contributed by atoms with Gasteiger partial charge in [-0.3, -0.25) is 4.79 Å². The molecular formula is C21H27N3O4S. The molecule has 0 atom stereocenters. The average molecular weight is 418 g/mol. The Kier molecular flexibility index (Phi) is 6.56. The Bertz CT molecular complexity index is 999. The molecule has 1 heterocycles. The molecule has 2 N–H and O–H groups in total. The van der Waals surface area contributed by atoms with Crippen LogP contribution in [-0.2, 0) is 19.6 Å². The zero-order valence-corrected chi connectivity index (χ0v) is 17.8. The highest BCUT2D eigenvalue weighted by Crippen LogP contribution is 2.24. The molecule has 3 rings (SSSR count). The van der Waals surface area contributed by atoms with Crippen molar-refractivity contribution in [2.45, 2.75) is 25.7 Å². The molecule has 7 nitrogen and oxygen atoms in total. The van der Waals surface area contributed by atoms with Gasteiger partial charge in [0.1, 0.15) is 0 Å². The van der Waals surface area contributed by atoms with Crippen molar-refractivity contribution in [1.82, 2.24) is 4.31 Å². The number of rotatable bonds is 6. The number of anilines is 2. The molecule has 29 heavy (non-hydrogen) atoms. The predicted octanol–water partition coefficient (Wildman–Crippen LogP) is 2.68. The summed E-state index contributed by atoms with van der Waals surface area (Å²) in [4.78, 5) is 12.5. The lowest BCUT2D eigenvalue weighted by atomic mass is 10.1. The van der Waals surface area contributed by atoms with Crippen molar-refractivity contribution in [3.8, 4) is 0 Å². The zero-order valence-electron chi connectivity index (χ0n) is 17.0. The van der Waals surface area contributed by atoms with Crippen LogP contribution in [0.15, 0.2) is 41.3 Å². The maximum absolute atomic E-state index is 13.0. The number of ether oxygens (including phenoxy) is 1. The lowest BCUT2D eigenvalue weighted by molar-refractivity contribution is -0.114. The van der Waals surface area contributed by atoms with Crippen LogP contribution in [0.25, 0.3) is 0 Å². The SMILES string of the molecule is Cc1ccc(NCC(=O)Nc2ccc(C)c(S(=O)(=O)N3CCOCC3)c2)cc1C. The van der Waals surface area contributed by atoms with Crippen LogP contribution in [0.4, 0.5) is 11.4 Å². The number of carbonyl (C=O) groups is 1. The van der Waals surface area contributed by atoms with E-state index in [0.29, 0.717) is 37.6 Å². The second-order valence-electron chi connectivity index (χ2n) is 7.20. The number of benzene rings is 2. The Morgan fingerprint density at radius 3 is 2.31 bits per heavy atom. The molecule has 0 aliphatic carbocycles. The van der Waals surface area contributed by atoms with Gasteiger partial charge in [0.15, 0.2) is 0 Å². The first-order valence-corrected chi connectivity index (χ1v) is 11.0. The zero-order chi connectivity index (χ0) is 21.0. The van der Waals surface area contributed by atoms with Gasteiger partial charge >= 0.3 is 0 Å². The summed E-state index contributed by atoms with van der Waals surface area (Å²) >= 11 is 0. The first-order valence-electron chi connectivity index (χ1n) is 9.57. The fraction of sp³-hybridized carbons (Fsp3) is 0.381. The molecule has 156 valence electrons. The van der Waals surface area contributed by atoms with E-state index in [-0.39, 0.29) is 17.3 Å². The summed E-state index contributed by atoms with van der Waals surface area (Å²) in [6.07, 6.45) is 0. The minimum Gasteiger partial charge on any atom is -0.379 e. The molecule has 0 radical (unpaired) electrons. The molecular weight excluding hydrogens is 390 g/mol. The van der Waals surface area contributed by atoms with Crippen molar-refractivity contribution in [3.63, 3.8) is 0 Å². The molecule has 1 amide bonds. The van der Waals surface area contributed by atoms with Gasteiger partial charge in [-0.05, 0) is 61.7 Å². The summed E-state index contributed by atoms with van der Waals surface area (Å²) in [5, 5.41) is 5.86. The summed E-state index contributed by atoms with van der Waals surface area (Å²) in [7, 11) is -3.63. The molecule has 1 saturated heterocycles. The van der Waals surface area contributed by atoms with E-state index < -0.39 is 10.0 Å². The average Bonchev–Trinajstić information content (AvgIpc) is 2.71. The third-order valence-electron chi connectivity index (χ3n) is 5.02. The highest BCUT2D eigenvalue weighted by atomic mass is 32.2. The number of carbonyl (C=O) groups excluding carboxylic acids is 1. The Labute approximate surface area is 172 Å². The van der Waals surface area contributed by atoms with E-state index in [4.69, 9.17) is 4.74 Å². The summed E-state index contributed by atoms with van der Waals surface area (Å²) in [6.45, 7) is 7.32. The lowest BCUT2D eigenvalue weighted by Gasteiger charge is -2.26. The molecule has 1 aliphatic rings. The molecule has 0 spiro atoms. The van der Waals surface area contributed by atoms with Crippen molar-refractivity contribution in [2.24, 2.45) is 0 Å². The van der Waals surface area contributed by atoms with Crippen molar-refractivity contribution in [1.29, 1.82) is 0 Å². The summed E-state index contributed by atoms with van der Waals surface area (Å²) in [6, 6.07) is 10.9. The third kappa shape index (κ3) is 5.14. The first kappa shape index (κ1) is 21.3. The Balaban J connectivity index is 1.68. The number of nitrogens with one attached hydrogen (secondary N) is 2. The van der Waals surface area contributed by atoms with Crippen LogP contribution in [-0.4, -0.2) is 51.5 Å². The molecule has 0 bridgehead atoms. The predicted molar refractivity (Wildman–Crippen MR) is 114 cm³/mol. The lowest BCUT2D eigenvalue weighted by Crippen LogP contribution is -2.40. The molecule has 2 aromatic carbocycles. The molecule has 0 aromatic heterocycles. The third-order valence-corrected chi connectivity index (χ3v) is 7.06. The molecule has 1 fully saturated rings. The van der Waals surface area contributed by atoms with E-state index in [1.165, 1.54) is 15.9 Å². The fourth-order valence-electron chi connectivity index (χ4n) is 3.12. The van der Waals surface area contributed by atoms with E-state index in [9.17, 15) is 13.2 Å². The maximum Gasteiger partial charge on any atom is 0.243 e. The van der Waals surface area contributed by atoms with Crippen LogP contribution in [0.3, 0.4) is 0 Å². The van der Waals surface area contributed by atoms with Gasteiger partial charge in [0.05, 0.1) is 24.7 Å². The van der Waals surface area contributed by atoms with Gasteiger partial charge < -0.3 is 15.4 Å². The van der Waals surface area contributed by atoms with Crippen LogP contribution in [0.2, 0.25) is 0 Å². The van der Waals surface area contributed by atoms with E-state index in [1.54, 1.807) is 19.1 Å². The van der Waals surface area contributed by atoms with Crippen LogP contribution in [0.5, 0.6) is 0 Å². The minimum absolute atomic E-state index is 0.0852. The smallest absolute Gasteiger partial charge is 0.243 e. The fourth-order valence-corrected chi connectivity index (χ4v) is 4.78. The van der Waals surface area contributed by atoms with Gasteiger partial charge in [-0.15, -0.1) is 0 Å². The molecule has 0 saturated carbocycles. The molecule has 2 aromatic rings. The number of hydrogen-bond donors (Lipinski definition) is 2. The second-order valence-corrected chi connectivity index (χ2v) is 9.10. The molecule has 0 unspecified atom stereocenters. The van der Waals surface area contributed by atoms with Gasteiger partial charge in [0, 0.05) is 24.5 Å². The van der Waals surface area contributed by atoms with Crippen LogP contribution in [0.1, 0.15) is 16.7 Å². The number of hydrogen-bond acceptors (Lipinski definition) is 5. The standard InChI is InChI=1S/C21H27N3O4S/c1-15-4-6-18(12-17(15)3)22-14-21(25)23-19-7-5-16(2)20(13-19)29(26,27)24-8-10-28-11-9-24/h4-7,12-13,22H,8-11,14H2,1-3H3,(H,23,25). The van der Waals surface area contributed by atoms with E-state index in [0.717, 1.165) is 11.3 Å². The highest BCUT2D eigenvalue weighted by molar-refractivity contribution is 7.89. The van der Waals surface area contributed by atoms with Crippen molar-refractivity contribution >= 4 is 27.3 Å². The van der Waals surface area contributed by atoms with Crippen molar-refractivity contribution in [3.05, 3.63) is 53.1 Å². The normalized spacial score (nSPS) is 15.1. The number of morpholine rings is 1. The number of sulfonamides is 1. The highest BCUT2D eigenvalue weighted by Gasteiger charge is 2.28. The van der Waals surface area contributed by atoms with Gasteiger partial charge in [0.25, 0.3) is 0 Å². The molecule has 8 heteroatoms. The summed E-state index contributed by atoms with van der Waals surface area (Å²) in [5.74, 6) is -0.248. The largest absolute Gasteiger partial charge is 0.379 e. The van der Waals surface area contributed by atoms with E-state index in [2.05, 4.69) is 10.6 Å². The maximum atomic E-state index is 13.0. The topological polar surface area (TPSA) is 87.7 Å². The summed E-state index contributed by atoms with van der Waals surface area (Å²) < 4.78 is 32.6. The van der Waals surface area contributed by atoms with Gasteiger partial charge in [0.2, 0.25) is 15.9 Å². The summed E-state index contributed by atoms with van der Waals surface area (Å²) in [5.41, 5.74) is 4.29. The Hall–Kier alpha value is -2.42. The van der Waals surface area contributed by atoms with Crippen LogP contribution >= 0.6 is 0 Å². The number of aryl methyl sites for hydroxylation is 3. The Morgan fingerprint density at radius 2 is 1.62 bits per heavy atom. The van der Waals surface area contributed by atoms with Crippen LogP contribution < -0.4 is 10.6 Å². The van der Waals surface area contributed by atoms with Crippen molar-refractivity contribution in [2.75, 3.05) is 43.5 Å². The molecule has 1 aliphatic heterocycles. The number of amides is 1. The monoisotopic (exact) mass is 417 g/mol. The number of nitrogens with zero attached hydrogens (tertiary/aromatic N) is 1. The van der Waals surface area contributed by atoms with Gasteiger partial charge in [-0.25, -0.2) is 8.42 Å². The minimum atomic E-state index is -3.63. The quantitative estimate of drug-likeness (QED) is 0.755. The second kappa shape index (κ2) is 8.94. The Morgan fingerprint density at radius 1 is 0.966 bits per heavy atom. The van der Waals surface area contributed by atoms with E-state index >= 15 is 0 Å². The van der Waals surface area contributed by atoms with Crippen molar-refractivity contribution < 1.29 is 17.9 Å².